The van der Waals surface area contributed by atoms with Crippen molar-refractivity contribution in [2.75, 3.05) is 26.2 Å². The van der Waals surface area contributed by atoms with Gasteiger partial charge in [-0.1, -0.05) is 13.8 Å². The van der Waals surface area contributed by atoms with E-state index in [4.69, 9.17) is 5.73 Å². The Hall–Kier alpha value is -0.610. The number of carbonyl (C=O) groups excluding carboxylic acids is 1. The van der Waals surface area contributed by atoms with E-state index in [0.717, 1.165) is 19.6 Å². The van der Waals surface area contributed by atoms with Crippen LogP contribution in [0.5, 0.6) is 0 Å². The summed E-state index contributed by atoms with van der Waals surface area (Å²) in [7, 11) is 0. The lowest BCUT2D eigenvalue weighted by atomic mass is 10.1. The van der Waals surface area contributed by atoms with Gasteiger partial charge in [0.05, 0.1) is 6.54 Å². The zero-order valence-corrected chi connectivity index (χ0v) is 9.83. The van der Waals surface area contributed by atoms with Gasteiger partial charge < -0.3 is 11.1 Å². The van der Waals surface area contributed by atoms with Gasteiger partial charge in [-0.15, -0.1) is 0 Å². The van der Waals surface area contributed by atoms with E-state index in [-0.39, 0.29) is 5.91 Å². The van der Waals surface area contributed by atoms with Crippen molar-refractivity contribution in [1.29, 1.82) is 0 Å². The average Bonchev–Trinajstić information content (AvgIpc) is 2.53. The number of amides is 1. The van der Waals surface area contributed by atoms with Crippen LogP contribution in [-0.2, 0) is 4.79 Å². The van der Waals surface area contributed by atoms with Crippen molar-refractivity contribution < 1.29 is 4.79 Å². The van der Waals surface area contributed by atoms with Crippen molar-refractivity contribution in [3.8, 4) is 0 Å². The summed E-state index contributed by atoms with van der Waals surface area (Å²) in [6.07, 6.45) is 2.46. The van der Waals surface area contributed by atoms with Gasteiger partial charge in [-0.3, -0.25) is 9.69 Å². The summed E-state index contributed by atoms with van der Waals surface area (Å²) in [5, 5.41) is 3.44. The molecule has 0 spiro atoms. The van der Waals surface area contributed by atoms with Gasteiger partial charge in [-0.2, -0.15) is 0 Å². The Kier molecular flexibility index (Phi) is 5.05. The molecule has 1 saturated heterocycles. The van der Waals surface area contributed by atoms with Crippen molar-refractivity contribution in [3.63, 3.8) is 0 Å². The second-order valence-electron chi connectivity index (χ2n) is 4.85. The predicted molar refractivity (Wildman–Crippen MR) is 61.5 cm³/mol. The van der Waals surface area contributed by atoms with Crippen molar-refractivity contribution in [3.05, 3.63) is 0 Å². The molecule has 0 aromatic heterocycles. The lowest BCUT2D eigenvalue weighted by molar-refractivity contribution is -0.119. The first-order valence-electron chi connectivity index (χ1n) is 5.82. The van der Waals surface area contributed by atoms with Gasteiger partial charge in [0.1, 0.15) is 0 Å². The molecule has 0 aliphatic carbocycles. The highest BCUT2D eigenvalue weighted by molar-refractivity contribution is 5.75. The van der Waals surface area contributed by atoms with Crippen molar-refractivity contribution in [2.24, 2.45) is 11.7 Å². The Morgan fingerprint density at radius 1 is 1.60 bits per heavy atom. The molecule has 0 radical (unpaired) electrons. The Bertz CT molecular complexity index is 200. The number of primary amides is 1. The summed E-state index contributed by atoms with van der Waals surface area (Å²) in [4.78, 5) is 13.1. The first kappa shape index (κ1) is 12.5. The molecular formula is C11H23N3O. The molecule has 1 amide bonds. The van der Waals surface area contributed by atoms with Crippen LogP contribution < -0.4 is 11.1 Å². The van der Waals surface area contributed by atoms with Crippen molar-refractivity contribution >= 4 is 5.91 Å². The Labute approximate surface area is 92.2 Å². The molecule has 1 aliphatic heterocycles. The lowest BCUT2D eigenvalue weighted by Crippen LogP contribution is -2.43. The quantitative estimate of drug-likeness (QED) is 0.662. The molecule has 1 aliphatic rings. The lowest BCUT2D eigenvalue weighted by Gasteiger charge is -2.25. The number of nitrogens with zero attached hydrogens (tertiary/aromatic N) is 1. The zero-order chi connectivity index (χ0) is 11.3. The Balaban J connectivity index is 2.36. The number of rotatable bonds is 6. The molecule has 3 N–H and O–H groups in total. The van der Waals surface area contributed by atoms with Gasteiger partial charge in [-0.25, -0.2) is 0 Å². The van der Waals surface area contributed by atoms with Gasteiger partial charge in [0.25, 0.3) is 0 Å². The van der Waals surface area contributed by atoms with Gasteiger partial charge in [0.15, 0.2) is 0 Å². The van der Waals surface area contributed by atoms with E-state index >= 15 is 0 Å². The van der Waals surface area contributed by atoms with Crippen LogP contribution in [-0.4, -0.2) is 43.0 Å². The third-order valence-electron chi connectivity index (χ3n) is 2.64. The second kappa shape index (κ2) is 6.08. The maximum absolute atomic E-state index is 10.9. The summed E-state index contributed by atoms with van der Waals surface area (Å²) in [5.41, 5.74) is 5.24. The largest absolute Gasteiger partial charge is 0.369 e. The molecule has 1 rings (SSSR count). The summed E-state index contributed by atoms with van der Waals surface area (Å²) >= 11 is 0. The molecule has 0 aromatic carbocycles. The molecule has 1 atom stereocenters. The topological polar surface area (TPSA) is 58.4 Å². The minimum absolute atomic E-state index is 0.228. The number of nitrogens with two attached hydrogens (primary N) is 1. The van der Waals surface area contributed by atoms with E-state index in [1.54, 1.807) is 0 Å². The first-order chi connectivity index (χ1) is 7.08. The summed E-state index contributed by atoms with van der Waals surface area (Å²) in [5.74, 6) is 0.347. The summed E-state index contributed by atoms with van der Waals surface area (Å²) in [6, 6.07) is 0.545. The monoisotopic (exact) mass is 213 g/mol. The number of carbonyl (C=O) groups is 1. The molecule has 0 saturated carbocycles. The first-order valence-corrected chi connectivity index (χ1v) is 5.82. The minimum Gasteiger partial charge on any atom is -0.369 e. The van der Waals surface area contributed by atoms with E-state index in [0.29, 0.717) is 18.5 Å². The van der Waals surface area contributed by atoms with Crippen LogP contribution in [0.4, 0.5) is 0 Å². The number of hydrogen-bond donors (Lipinski definition) is 2. The molecule has 4 nitrogen and oxygen atoms in total. The maximum atomic E-state index is 10.9. The van der Waals surface area contributed by atoms with Gasteiger partial charge in [0.2, 0.25) is 5.91 Å². The molecule has 15 heavy (non-hydrogen) atoms. The highest BCUT2D eigenvalue weighted by Crippen LogP contribution is 2.08. The summed E-state index contributed by atoms with van der Waals surface area (Å²) < 4.78 is 0. The van der Waals surface area contributed by atoms with Crippen LogP contribution in [0.25, 0.3) is 0 Å². The number of nitrogens with one attached hydrogen (secondary N) is 1. The molecule has 1 fully saturated rings. The molecule has 0 aromatic rings. The fraction of sp³-hybridized carbons (Fsp3) is 0.909. The molecule has 4 heteroatoms. The van der Waals surface area contributed by atoms with E-state index in [2.05, 4.69) is 24.1 Å². The number of hydrogen-bond acceptors (Lipinski definition) is 3. The third-order valence-corrected chi connectivity index (χ3v) is 2.64. The van der Waals surface area contributed by atoms with Crippen LogP contribution in [0.2, 0.25) is 0 Å². The van der Waals surface area contributed by atoms with Crippen molar-refractivity contribution in [1.82, 2.24) is 10.2 Å². The van der Waals surface area contributed by atoms with Gasteiger partial charge >= 0.3 is 0 Å². The average molecular weight is 213 g/mol. The fourth-order valence-electron chi connectivity index (χ4n) is 2.16. The van der Waals surface area contributed by atoms with Gasteiger partial charge in [-0.05, 0) is 25.3 Å². The molecule has 0 bridgehead atoms. The zero-order valence-electron chi connectivity index (χ0n) is 9.83. The van der Waals surface area contributed by atoms with Crippen LogP contribution in [0.1, 0.15) is 26.7 Å². The van der Waals surface area contributed by atoms with E-state index < -0.39 is 0 Å². The van der Waals surface area contributed by atoms with Gasteiger partial charge in [0, 0.05) is 19.1 Å². The highest BCUT2D eigenvalue weighted by atomic mass is 16.1. The van der Waals surface area contributed by atoms with Crippen LogP contribution >= 0.6 is 0 Å². The van der Waals surface area contributed by atoms with Crippen molar-refractivity contribution in [2.45, 2.75) is 32.7 Å². The molecule has 1 unspecified atom stereocenters. The van der Waals surface area contributed by atoms with E-state index in [9.17, 15) is 4.79 Å². The second-order valence-corrected chi connectivity index (χ2v) is 4.85. The van der Waals surface area contributed by atoms with Crippen LogP contribution in [0, 0.1) is 5.92 Å². The minimum atomic E-state index is -0.228. The molecular weight excluding hydrogens is 190 g/mol. The normalized spacial score (nSPS) is 21.5. The van der Waals surface area contributed by atoms with E-state index in [1.807, 2.05) is 0 Å². The summed E-state index contributed by atoms with van der Waals surface area (Å²) in [6.45, 7) is 7.71. The van der Waals surface area contributed by atoms with E-state index in [1.165, 1.54) is 12.8 Å². The van der Waals surface area contributed by atoms with Crippen LogP contribution in [0.3, 0.4) is 0 Å². The predicted octanol–water partition coefficient (Wildman–Crippen LogP) is 0.182. The standard InChI is InChI=1S/C11H23N3O/c1-9(2)6-14(8-11(12)15)7-10-4-3-5-13-10/h9-10,13H,3-8H2,1-2H3,(H2,12,15). The SMILES string of the molecule is CC(C)CN(CC(N)=O)CC1CCCN1. The Morgan fingerprint density at radius 3 is 2.80 bits per heavy atom. The Morgan fingerprint density at radius 2 is 2.33 bits per heavy atom. The smallest absolute Gasteiger partial charge is 0.231 e. The molecule has 88 valence electrons. The highest BCUT2D eigenvalue weighted by Gasteiger charge is 2.19. The third kappa shape index (κ3) is 5.14. The maximum Gasteiger partial charge on any atom is 0.231 e. The van der Waals surface area contributed by atoms with Crippen LogP contribution in [0.15, 0.2) is 0 Å². The molecule has 1 heterocycles. The fourth-order valence-corrected chi connectivity index (χ4v) is 2.16.